The van der Waals surface area contributed by atoms with E-state index in [1.54, 1.807) is 30.4 Å². The number of amidine groups is 1. The molecule has 2 amide bonds. The molecule has 1 saturated heterocycles. The van der Waals surface area contributed by atoms with Gasteiger partial charge in [0.05, 0.1) is 18.4 Å². The molecule has 0 unspecified atom stereocenters. The van der Waals surface area contributed by atoms with E-state index in [1.807, 2.05) is 22.8 Å². The maximum atomic E-state index is 13.0. The number of aliphatic imine (C=N–C) groups is 1. The van der Waals surface area contributed by atoms with Crippen molar-refractivity contribution in [1.29, 1.82) is 0 Å². The minimum atomic E-state index is -0.709. The number of nitrogens with one attached hydrogen (secondary N) is 1. The standard InChI is InChI=1S/C22H22N6O2/c1-15-25-21(30)22(26-15)7-9-27(10-8-22)20(29)17-11-18-19(23-12-17)28(14-24-18)13-16-5-3-2-4-6-16/h2-6,11-12,14H,7-10,13H2,1H3,(H,25,26,30). The number of carbonyl (C=O) groups excluding carboxylic acids is 2. The number of benzene rings is 1. The highest BCUT2D eigenvalue weighted by Crippen LogP contribution is 2.30. The lowest BCUT2D eigenvalue weighted by Crippen LogP contribution is -2.50. The number of hydrogen-bond acceptors (Lipinski definition) is 5. The third-order valence-corrected chi connectivity index (χ3v) is 5.87. The van der Waals surface area contributed by atoms with Crippen LogP contribution >= 0.6 is 0 Å². The molecule has 2 aliphatic rings. The highest BCUT2D eigenvalue weighted by atomic mass is 16.2. The predicted molar refractivity (Wildman–Crippen MR) is 112 cm³/mol. The molecule has 0 saturated carbocycles. The van der Waals surface area contributed by atoms with Gasteiger partial charge in [-0.2, -0.15) is 0 Å². The van der Waals surface area contributed by atoms with Gasteiger partial charge in [-0.15, -0.1) is 0 Å². The molecular formula is C22H22N6O2. The van der Waals surface area contributed by atoms with E-state index in [0.717, 1.165) is 11.2 Å². The van der Waals surface area contributed by atoms with Crippen molar-refractivity contribution in [3.8, 4) is 0 Å². The van der Waals surface area contributed by atoms with Crippen molar-refractivity contribution in [2.45, 2.75) is 31.8 Å². The van der Waals surface area contributed by atoms with Gasteiger partial charge in [0.15, 0.2) is 5.65 Å². The minimum absolute atomic E-state index is 0.0564. The quantitative estimate of drug-likeness (QED) is 0.725. The van der Waals surface area contributed by atoms with Gasteiger partial charge in [-0.05, 0) is 31.4 Å². The molecule has 0 atom stereocenters. The number of rotatable bonds is 3. The molecule has 2 aromatic heterocycles. The number of hydrogen-bond donors (Lipinski definition) is 1. The molecular weight excluding hydrogens is 380 g/mol. The summed E-state index contributed by atoms with van der Waals surface area (Å²) in [4.78, 5) is 40.5. The summed E-state index contributed by atoms with van der Waals surface area (Å²) < 4.78 is 1.97. The van der Waals surface area contributed by atoms with Gasteiger partial charge >= 0.3 is 0 Å². The lowest BCUT2D eigenvalue weighted by molar-refractivity contribution is -0.125. The van der Waals surface area contributed by atoms with E-state index >= 15 is 0 Å². The SMILES string of the molecule is CC1=NC2(CCN(C(=O)c3cnc4c(c3)ncn4Cc3ccccc3)CC2)C(=O)N1. The summed E-state index contributed by atoms with van der Waals surface area (Å²) in [6, 6.07) is 11.9. The van der Waals surface area contributed by atoms with E-state index in [4.69, 9.17) is 0 Å². The highest BCUT2D eigenvalue weighted by molar-refractivity contribution is 6.07. The Morgan fingerprint density at radius 3 is 2.63 bits per heavy atom. The first kappa shape index (κ1) is 18.5. The van der Waals surface area contributed by atoms with Crippen molar-refractivity contribution in [3.63, 3.8) is 0 Å². The highest BCUT2D eigenvalue weighted by Gasteiger charge is 2.45. The van der Waals surface area contributed by atoms with Crippen LogP contribution in [0.2, 0.25) is 0 Å². The van der Waals surface area contributed by atoms with Crippen molar-refractivity contribution in [3.05, 3.63) is 60.0 Å². The molecule has 0 aliphatic carbocycles. The molecule has 0 bridgehead atoms. The number of carbonyl (C=O) groups is 2. The predicted octanol–water partition coefficient (Wildman–Crippen LogP) is 2.00. The Morgan fingerprint density at radius 1 is 1.17 bits per heavy atom. The van der Waals surface area contributed by atoms with Crippen LogP contribution in [-0.2, 0) is 11.3 Å². The maximum absolute atomic E-state index is 13.0. The van der Waals surface area contributed by atoms with E-state index in [0.29, 0.717) is 49.4 Å². The largest absolute Gasteiger partial charge is 0.338 e. The summed E-state index contributed by atoms with van der Waals surface area (Å²) in [7, 11) is 0. The first-order valence-corrected chi connectivity index (χ1v) is 10.1. The van der Waals surface area contributed by atoms with Crippen LogP contribution in [0.4, 0.5) is 0 Å². The van der Waals surface area contributed by atoms with Crippen LogP contribution in [0.15, 0.2) is 53.9 Å². The van der Waals surface area contributed by atoms with Crippen LogP contribution in [0, 0.1) is 0 Å². The van der Waals surface area contributed by atoms with Gasteiger partial charge in [-0.1, -0.05) is 30.3 Å². The summed E-state index contributed by atoms with van der Waals surface area (Å²) in [5, 5.41) is 2.78. The third kappa shape index (κ3) is 3.14. The van der Waals surface area contributed by atoms with Crippen LogP contribution < -0.4 is 5.32 Å². The van der Waals surface area contributed by atoms with E-state index in [1.165, 1.54) is 0 Å². The van der Waals surface area contributed by atoms with Crippen LogP contribution in [0.3, 0.4) is 0 Å². The molecule has 0 radical (unpaired) electrons. The van der Waals surface area contributed by atoms with Crippen molar-refractivity contribution >= 4 is 28.8 Å². The zero-order valence-electron chi connectivity index (χ0n) is 16.7. The smallest absolute Gasteiger partial charge is 0.255 e. The number of amides is 2. The van der Waals surface area contributed by atoms with E-state index < -0.39 is 5.54 Å². The van der Waals surface area contributed by atoms with Crippen LogP contribution in [0.1, 0.15) is 35.7 Å². The van der Waals surface area contributed by atoms with Crippen LogP contribution in [-0.4, -0.2) is 55.7 Å². The number of aromatic nitrogens is 3. The van der Waals surface area contributed by atoms with E-state index in [2.05, 4.69) is 32.4 Å². The average molecular weight is 402 g/mol. The van der Waals surface area contributed by atoms with Gasteiger partial charge < -0.3 is 14.8 Å². The Labute approximate surface area is 173 Å². The molecule has 152 valence electrons. The molecule has 1 aromatic carbocycles. The first-order chi connectivity index (χ1) is 14.5. The van der Waals surface area contributed by atoms with Gasteiger partial charge in [0, 0.05) is 19.3 Å². The van der Waals surface area contributed by atoms with Gasteiger partial charge in [-0.3, -0.25) is 14.6 Å². The summed E-state index contributed by atoms with van der Waals surface area (Å²) in [5.74, 6) is 0.510. The second-order valence-electron chi connectivity index (χ2n) is 7.90. The van der Waals surface area contributed by atoms with Crippen LogP contribution in [0.25, 0.3) is 11.2 Å². The molecule has 3 aromatic rings. The molecule has 8 nitrogen and oxygen atoms in total. The number of imidazole rings is 1. The molecule has 2 aliphatic heterocycles. The van der Waals surface area contributed by atoms with Crippen molar-refractivity contribution in [2.24, 2.45) is 4.99 Å². The molecule has 5 rings (SSSR count). The molecule has 8 heteroatoms. The monoisotopic (exact) mass is 402 g/mol. The summed E-state index contributed by atoms with van der Waals surface area (Å²) in [5.41, 5.74) is 2.41. The second-order valence-corrected chi connectivity index (χ2v) is 7.90. The Hall–Kier alpha value is -3.55. The van der Waals surface area contributed by atoms with Crippen molar-refractivity contribution < 1.29 is 9.59 Å². The number of piperidine rings is 1. The normalized spacial score (nSPS) is 18.0. The van der Waals surface area contributed by atoms with Crippen LogP contribution in [0.5, 0.6) is 0 Å². The Bertz CT molecular complexity index is 1160. The fraction of sp³-hybridized carbons (Fsp3) is 0.318. The van der Waals surface area contributed by atoms with E-state index in [-0.39, 0.29) is 11.8 Å². The van der Waals surface area contributed by atoms with Gasteiger partial charge in [0.25, 0.3) is 11.8 Å². The number of fused-ring (bicyclic) bond motifs is 1. The van der Waals surface area contributed by atoms with Crippen molar-refractivity contribution in [1.82, 2.24) is 24.8 Å². The second kappa shape index (κ2) is 7.05. The molecule has 1 N–H and O–H groups in total. The fourth-order valence-electron chi connectivity index (χ4n) is 4.24. The minimum Gasteiger partial charge on any atom is -0.338 e. The Balaban J connectivity index is 1.32. The van der Waals surface area contributed by atoms with Gasteiger partial charge in [0.1, 0.15) is 16.9 Å². The van der Waals surface area contributed by atoms with Gasteiger partial charge in [-0.25, -0.2) is 9.97 Å². The zero-order valence-corrected chi connectivity index (χ0v) is 16.7. The number of nitrogens with zero attached hydrogens (tertiary/aromatic N) is 5. The Kier molecular flexibility index (Phi) is 4.34. The van der Waals surface area contributed by atoms with E-state index in [9.17, 15) is 9.59 Å². The summed E-state index contributed by atoms with van der Waals surface area (Å²) >= 11 is 0. The first-order valence-electron chi connectivity index (χ1n) is 10.1. The van der Waals surface area contributed by atoms with Crippen molar-refractivity contribution in [2.75, 3.05) is 13.1 Å². The third-order valence-electron chi connectivity index (χ3n) is 5.87. The molecule has 4 heterocycles. The molecule has 1 fully saturated rings. The molecule has 30 heavy (non-hydrogen) atoms. The topological polar surface area (TPSA) is 92.5 Å². The molecule has 1 spiro atoms. The summed E-state index contributed by atoms with van der Waals surface area (Å²) in [6.07, 6.45) is 4.43. The zero-order chi connectivity index (χ0) is 20.7. The maximum Gasteiger partial charge on any atom is 0.255 e. The van der Waals surface area contributed by atoms with Gasteiger partial charge in [0.2, 0.25) is 0 Å². The lowest BCUT2D eigenvalue weighted by Gasteiger charge is -2.35. The lowest BCUT2D eigenvalue weighted by atomic mass is 9.88. The number of likely N-dealkylation sites (tertiary alicyclic amines) is 1. The fourth-order valence-corrected chi connectivity index (χ4v) is 4.24. The average Bonchev–Trinajstić information content (AvgIpc) is 3.28. The Morgan fingerprint density at radius 2 is 1.93 bits per heavy atom. The summed E-state index contributed by atoms with van der Waals surface area (Å²) in [6.45, 7) is 3.45. The number of pyridine rings is 1.